The number of aryl methyl sites for hydroxylation is 2. The molecule has 0 aliphatic carbocycles. The van der Waals surface area contributed by atoms with Crippen LogP contribution in [0, 0.1) is 13.8 Å². The third kappa shape index (κ3) is 6.76. The lowest BCUT2D eigenvalue weighted by molar-refractivity contribution is -0.137. The molecule has 1 fully saturated rings. The molecular weight excluding hydrogens is 599 g/mol. The number of ether oxygens (including phenoxy) is 1. The van der Waals surface area contributed by atoms with Crippen LogP contribution in [-0.4, -0.2) is 57.1 Å². The summed E-state index contributed by atoms with van der Waals surface area (Å²) in [6.07, 6.45) is 0.126. The second-order valence-corrected chi connectivity index (χ2v) is 10.6. The van der Waals surface area contributed by atoms with Gasteiger partial charge in [-0.05, 0) is 61.9 Å². The first-order chi connectivity index (χ1) is 22.2. The minimum absolute atomic E-state index is 0.117. The number of hydrogen-bond acceptors (Lipinski definition) is 9. The summed E-state index contributed by atoms with van der Waals surface area (Å²) in [5.41, 5.74) is 2.37. The van der Waals surface area contributed by atoms with Crippen LogP contribution >= 0.6 is 0 Å². The fourth-order valence-electron chi connectivity index (χ4n) is 5.02. The Hall–Kier alpha value is -5.50. The molecule has 5 aromatic rings. The third-order valence-electron chi connectivity index (χ3n) is 7.41. The van der Waals surface area contributed by atoms with Gasteiger partial charge < -0.3 is 25.3 Å². The Labute approximate surface area is 262 Å². The maximum absolute atomic E-state index is 13.2. The van der Waals surface area contributed by atoms with E-state index in [0.29, 0.717) is 42.2 Å². The molecule has 1 aliphatic rings. The van der Waals surface area contributed by atoms with Crippen molar-refractivity contribution in [2.75, 3.05) is 46.7 Å². The quantitative estimate of drug-likeness (QED) is 0.176. The lowest BCUT2D eigenvalue weighted by atomic mass is 10.1. The van der Waals surface area contributed by atoms with E-state index in [2.05, 4.69) is 35.5 Å². The summed E-state index contributed by atoms with van der Waals surface area (Å²) in [7, 11) is 0. The number of rotatable bonds is 8. The number of carbonyl (C=O) groups is 1. The summed E-state index contributed by atoms with van der Waals surface area (Å²) in [5.74, 6) is 1.63. The molecule has 0 atom stereocenters. The number of halogens is 3. The smallest absolute Gasteiger partial charge is 0.378 e. The second-order valence-electron chi connectivity index (χ2n) is 10.6. The van der Waals surface area contributed by atoms with Crippen molar-refractivity contribution in [3.8, 4) is 0 Å². The monoisotopic (exact) mass is 629 g/mol. The molecule has 0 unspecified atom stereocenters. The van der Waals surface area contributed by atoms with Gasteiger partial charge in [0.2, 0.25) is 5.95 Å². The normalized spacial score (nSPS) is 13.4. The first-order valence-corrected chi connectivity index (χ1v) is 14.4. The van der Waals surface area contributed by atoms with Crippen molar-refractivity contribution < 1.29 is 22.7 Å². The predicted octanol–water partition coefficient (Wildman–Crippen LogP) is 6.53. The van der Waals surface area contributed by atoms with Gasteiger partial charge in [0.15, 0.2) is 0 Å². The molecule has 3 N–H and O–H groups in total. The van der Waals surface area contributed by atoms with E-state index in [1.807, 2.05) is 26.0 Å². The molecule has 0 bridgehead atoms. The molecule has 0 radical (unpaired) electrons. The average Bonchev–Trinajstić information content (AvgIpc) is 3.58. The van der Waals surface area contributed by atoms with E-state index in [9.17, 15) is 18.0 Å². The summed E-state index contributed by atoms with van der Waals surface area (Å²) in [6, 6.07) is 15.1. The summed E-state index contributed by atoms with van der Waals surface area (Å²) in [4.78, 5) is 38.1. The first kappa shape index (κ1) is 30.5. The summed E-state index contributed by atoms with van der Waals surface area (Å²) < 4.78 is 45.1. The van der Waals surface area contributed by atoms with Crippen molar-refractivity contribution in [2.24, 2.45) is 0 Å². The van der Waals surface area contributed by atoms with Crippen LogP contribution in [0.4, 0.5) is 53.6 Å². The van der Waals surface area contributed by atoms with Gasteiger partial charge in [0.05, 0.1) is 35.8 Å². The molecule has 236 valence electrons. The van der Waals surface area contributed by atoms with Crippen molar-refractivity contribution in [1.29, 1.82) is 0 Å². The van der Waals surface area contributed by atoms with Gasteiger partial charge in [-0.2, -0.15) is 13.2 Å². The molecule has 0 saturated carbocycles. The number of alkyl halides is 3. The van der Waals surface area contributed by atoms with Crippen molar-refractivity contribution in [2.45, 2.75) is 20.0 Å². The zero-order valence-corrected chi connectivity index (χ0v) is 25.0. The molecule has 4 heterocycles. The fraction of sp³-hybridized carbons (Fsp3) is 0.219. The van der Waals surface area contributed by atoms with Gasteiger partial charge >= 0.3 is 6.18 Å². The minimum Gasteiger partial charge on any atom is -0.378 e. The van der Waals surface area contributed by atoms with E-state index < -0.39 is 17.6 Å². The molecule has 46 heavy (non-hydrogen) atoms. The zero-order chi connectivity index (χ0) is 32.3. The molecule has 1 amide bonds. The first-order valence-electron chi connectivity index (χ1n) is 14.4. The van der Waals surface area contributed by atoms with E-state index in [1.54, 1.807) is 41.6 Å². The Morgan fingerprint density at radius 2 is 1.83 bits per heavy atom. The summed E-state index contributed by atoms with van der Waals surface area (Å²) in [5, 5.41) is 6.04. The molecular formula is C32H30F3N9O2. The molecule has 11 nitrogen and oxygen atoms in total. The highest BCUT2D eigenvalue weighted by molar-refractivity contribution is 6.04. The van der Waals surface area contributed by atoms with E-state index in [4.69, 9.17) is 9.72 Å². The Kier molecular flexibility index (Phi) is 8.53. The van der Waals surface area contributed by atoms with Crippen LogP contribution in [-0.2, 0) is 10.9 Å². The largest absolute Gasteiger partial charge is 0.416 e. The average molecular weight is 630 g/mol. The Balaban J connectivity index is 1.28. The fourth-order valence-corrected chi connectivity index (χ4v) is 5.02. The number of H-pyrrole nitrogens is 1. The number of morpholine rings is 1. The van der Waals surface area contributed by atoms with Crippen molar-refractivity contribution in [3.05, 3.63) is 102 Å². The number of nitrogens with zero attached hydrogens (tertiary/aromatic N) is 6. The molecule has 3 aromatic heterocycles. The topological polar surface area (TPSA) is 124 Å². The van der Waals surface area contributed by atoms with Gasteiger partial charge in [0.1, 0.15) is 23.8 Å². The van der Waals surface area contributed by atoms with E-state index in [1.165, 1.54) is 18.5 Å². The van der Waals surface area contributed by atoms with Gasteiger partial charge in [-0.15, -0.1) is 0 Å². The Bertz CT molecular complexity index is 1840. The number of imidazole rings is 1. The lowest BCUT2D eigenvalue weighted by Gasteiger charge is -2.28. The number of pyridine rings is 1. The number of aromatic amines is 1. The highest BCUT2D eigenvalue weighted by Crippen LogP contribution is 2.36. The van der Waals surface area contributed by atoms with E-state index >= 15 is 0 Å². The zero-order valence-electron chi connectivity index (χ0n) is 25.0. The molecule has 14 heteroatoms. The SMILES string of the molecule is Cc1ccc(NC(=O)c2cccc(C(F)(F)F)c2)cc1N(c1cc(Nc2ccc(N3CCOCC3)nc2C)ncn1)c1ncc[nH]1. The van der Waals surface area contributed by atoms with Crippen molar-refractivity contribution >= 4 is 46.4 Å². The van der Waals surface area contributed by atoms with E-state index in [0.717, 1.165) is 48.0 Å². The Morgan fingerprint density at radius 1 is 1.00 bits per heavy atom. The van der Waals surface area contributed by atoms with Gasteiger partial charge in [0, 0.05) is 42.8 Å². The van der Waals surface area contributed by atoms with Gasteiger partial charge in [-0.3, -0.25) is 9.69 Å². The number of amides is 1. The van der Waals surface area contributed by atoms with Crippen LogP contribution in [0.2, 0.25) is 0 Å². The van der Waals surface area contributed by atoms with Crippen LogP contribution in [0.15, 0.2) is 79.4 Å². The van der Waals surface area contributed by atoms with Gasteiger partial charge in [-0.1, -0.05) is 12.1 Å². The molecule has 1 saturated heterocycles. The highest BCUT2D eigenvalue weighted by Gasteiger charge is 2.31. The molecule has 6 rings (SSSR count). The molecule has 2 aromatic carbocycles. The summed E-state index contributed by atoms with van der Waals surface area (Å²) >= 11 is 0. The number of aromatic nitrogens is 5. The van der Waals surface area contributed by atoms with Crippen LogP contribution in [0.5, 0.6) is 0 Å². The second kappa shape index (κ2) is 12.9. The van der Waals surface area contributed by atoms with Gasteiger partial charge in [0.25, 0.3) is 5.91 Å². The number of nitrogens with one attached hydrogen (secondary N) is 3. The number of hydrogen-bond donors (Lipinski definition) is 3. The maximum Gasteiger partial charge on any atom is 0.416 e. The predicted molar refractivity (Wildman–Crippen MR) is 168 cm³/mol. The van der Waals surface area contributed by atoms with Crippen LogP contribution in [0.25, 0.3) is 0 Å². The molecule has 0 spiro atoms. The standard InChI is InChI=1S/C32H30F3N9O2/c1-20-6-7-24(41-30(45)22-4-3-5-23(16-22)32(33,34)35)17-26(20)44(31-36-10-11-37-31)29-18-27(38-19-39-29)42-25-8-9-28(40-21(25)2)43-12-14-46-15-13-43/h3-11,16-19H,12-15H2,1-2H3,(H,36,37)(H,41,45)(H,38,39,42). The summed E-state index contributed by atoms with van der Waals surface area (Å²) in [6.45, 7) is 6.71. The van der Waals surface area contributed by atoms with Crippen molar-refractivity contribution in [1.82, 2.24) is 24.9 Å². The van der Waals surface area contributed by atoms with Crippen LogP contribution < -0.4 is 20.4 Å². The lowest BCUT2D eigenvalue weighted by Crippen LogP contribution is -2.36. The Morgan fingerprint density at radius 3 is 2.57 bits per heavy atom. The van der Waals surface area contributed by atoms with Gasteiger partial charge in [-0.25, -0.2) is 19.9 Å². The van der Waals surface area contributed by atoms with Crippen LogP contribution in [0.1, 0.15) is 27.2 Å². The van der Waals surface area contributed by atoms with Crippen LogP contribution in [0.3, 0.4) is 0 Å². The maximum atomic E-state index is 13.2. The minimum atomic E-state index is -4.57. The number of benzene rings is 2. The van der Waals surface area contributed by atoms with E-state index in [-0.39, 0.29) is 5.56 Å². The number of carbonyl (C=O) groups excluding carboxylic acids is 1. The third-order valence-corrected chi connectivity index (χ3v) is 7.41. The highest BCUT2D eigenvalue weighted by atomic mass is 19.4. The number of anilines is 7. The van der Waals surface area contributed by atoms with Crippen molar-refractivity contribution in [3.63, 3.8) is 0 Å². The molecule has 1 aliphatic heterocycles.